The lowest BCUT2D eigenvalue weighted by Gasteiger charge is -2.03. The quantitative estimate of drug-likeness (QED) is 0.694. The minimum absolute atomic E-state index is 0.538. The van der Waals surface area contributed by atoms with Gasteiger partial charge in [-0.1, -0.05) is 12.1 Å². The van der Waals surface area contributed by atoms with Crippen LogP contribution in [-0.2, 0) is 6.54 Å². The fourth-order valence-corrected chi connectivity index (χ4v) is 1.47. The molecule has 0 amide bonds. The highest BCUT2D eigenvalue weighted by Crippen LogP contribution is 2.10. The standard InChI is InChI=1S/C10H12N4S/c1-7-3-2-4-8(5-7)11-6-9-12-10(15)14-13-9/h2-5,11H,6H2,1H3,(H2,12,13,14,15). The number of nitrogens with one attached hydrogen (secondary N) is 2. The van der Waals surface area contributed by atoms with Crippen LogP contribution in [0.3, 0.4) is 0 Å². The van der Waals surface area contributed by atoms with Crippen LogP contribution in [-0.4, -0.2) is 15.2 Å². The van der Waals surface area contributed by atoms with E-state index in [9.17, 15) is 0 Å². The molecule has 0 saturated carbocycles. The van der Waals surface area contributed by atoms with Gasteiger partial charge in [-0.2, -0.15) is 5.10 Å². The van der Waals surface area contributed by atoms with Crippen molar-refractivity contribution in [1.29, 1.82) is 0 Å². The summed E-state index contributed by atoms with van der Waals surface area (Å²) in [5, 5.41) is 10.4. The summed E-state index contributed by atoms with van der Waals surface area (Å²) in [5.74, 6) is 0.710. The number of aromatic amines is 1. The summed E-state index contributed by atoms with van der Waals surface area (Å²) in [6, 6.07) is 8.17. The minimum atomic E-state index is 0.538. The normalized spacial score (nSPS) is 10.3. The Morgan fingerprint density at radius 3 is 3.00 bits per heavy atom. The van der Waals surface area contributed by atoms with Crippen molar-refractivity contribution in [3.05, 3.63) is 35.7 Å². The number of aromatic nitrogens is 3. The van der Waals surface area contributed by atoms with Crippen LogP contribution < -0.4 is 5.32 Å². The van der Waals surface area contributed by atoms with Gasteiger partial charge >= 0.3 is 0 Å². The van der Waals surface area contributed by atoms with E-state index in [2.05, 4.69) is 52.2 Å². The molecule has 0 saturated heterocycles. The molecule has 0 atom stereocenters. The predicted molar refractivity (Wildman–Crippen MR) is 62.1 cm³/mol. The first-order chi connectivity index (χ1) is 7.24. The fraction of sp³-hybridized carbons (Fsp3) is 0.200. The molecule has 2 rings (SSSR count). The van der Waals surface area contributed by atoms with E-state index in [4.69, 9.17) is 0 Å². The molecule has 1 heterocycles. The maximum absolute atomic E-state index is 4.08. The number of H-pyrrole nitrogens is 1. The Balaban J connectivity index is 1.99. The SMILES string of the molecule is Cc1cccc(NCc2n[nH]c(S)n2)c1. The van der Waals surface area contributed by atoms with Crippen LogP contribution in [0.1, 0.15) is 11.4 Å². The summed E-state index contributed by atoms with van der Waals surface area (Å²) >= 11 is 4.04. The Kier molecular flexibility index (Phi) is 2.91. The van der Waals surface area contributed by atoms with Gasteiger partial charge in [0.15, 0.2) is 11.0 Å². The topological polar surface area (TPSA) is 53.6 Å². The largest absolute Gasteiger partial charge is 0.378 e. The van der Waals surface area contributed by atoms with E-state index in [0.717, 1.165) is 5.69 Å². The van der Waals surface area contributed by atoms with Gasteiger partial charge in [-0.25, -0.2) is 4.98 Å². The average Bonchev–Trinajstić information content (AvgIpc) is 2.62. The Bertz CT molecular complexity index is 452. The molecule has 15 heavy (non-hydrogen) atoms. The highest BCUT2D eigenvalue weighted by atomic mass is 32.1. The van der Waals surface area contributed by atoms with Crippen LogP contribution in [0.25, 0.3) is 0 Å². The molecule has 2 aromatic rings. The van der Waals surface area contributed by atoms with E-state index in [1.54, 1.807) is 0 Å². The monoisotopic (exact) mass is 220 g/mol. The third-order valence-electron chi connectivity index (χ3n) is 1.99. The van der Waals surface area contributed by atoms with Gasteiger partial charge in [0.05, 0.1) is 6.54 Å². The maximum atomic E-state index is 4.08. The van der Waals surface area contributed by atoms with Crippen molar-refractivity contribution < 1.29 is 0 Å². The second kappa shape index (κ2) is 4.35. The third-order valence-corrected chi connectivity index (χ3v) is 2.19. The van der Waals surface area contributed by atoms with E-state index in [1.165, 1.54) is 5.56 Å². The average molecular weight is 220 g/mol. The fourth-order valence-electron chi connectivity index (χ4n) is 1.30. The minimum Gasteiger partial charge on any atom is -0.378 e. The second-order valence-electron chi connectivity index (χ2n) is 3.30. The molecule has 0 fully saturated rings. The van der Waals surface area contributed by atoms with Crippen molar-refractivity contribution in [3.8, 4) is 0 Å². The molecule has 4 nitrogen and oxygen atoms in total. The number of hydrogen-bond donors (Lipinski definition) is 3. The lowest BCUT2D eigenvalue weighted by molar-refractivity contribution is 0.948. The van der Waals surface area contributed by atoms with E-state index in [1.807, 2.05) is 12.1 Å². The number of thiol groups is 1. The molecular formula is C10H12N4S. The highest BCUT2D eigenvalue weighted by molar-refractivity contribution is 7.80. The number of aryl methyl sites for hydroxylation is 1. The molecule has 0 aliphatic carbocycles. The molecule has 5 heteroatoms. The first-order valence-electron chi connectivity index (χ1n) is 4.65. The smallest absolute Gasteiger partial charge is 0.180 e. The van der Waals surface area contributed by atoms with Crippen molar-refractivity contribution in [2.24, 2.45) is 0 Å². The van der Waals surface area contributed by atoms with E-state index >= 15 is 0 Å². The number of hydrogen-bond acceptors (Lipinski definition) is 4. The van der Waals surface area contributed by atoms with Gasteiger partial charge in [0.25, 0.3) is 0 Å². The predicted octanol–water partition coefficient (Wildman–Crippen LogP) is 2.01. The number of nitrogens with zero attached hydrogens (tertiary/aromatic N) is 2. The number of anilines is 1. The van der Waals surface area contributed by atoms with E-state index in [0.29, 0.717) is 17.5 Å². The lowest BCUT2D eigenvalue weighted by Crippen LogP contribution is -2.01. The highest BCUT2D eigenvalue weighted by Gasteiger charge is 1.99. The van der Waals surface area contributed by atoms with Crippen molar-refractivity contribution in [1.82, 2.24) is 15.2 Å². The molecule has 78 valence electrons. The third kappa shape index (κ3) is 2.73. The Morgan fingerprint density at radius 1 is 1.47 bits per heavy atom. The van der Waals surface area contributed by atoms with Crippen molar-refractivity contribution in [2.45, 2.75) is 18.6 Å². The van der Waals surface area contributed by atoms with Crippen LogP contribution in [0, 0.1) is 6.92 Å². The first kappa shape index (κ1) is 10.0. The van der Waals surface area contributed by atoms with Gasteiger partial charge in [0.2, 0.25) is 0 Å². The molecule has 2 N–H and O–H groups in total. The van der Waals surface area contributed by atoms with Crippen LogP contribution in [0.4, 0.5) is 5.69 Å². The molecule has 0 unspecified atom stereocenters. The lowest BCUT2D eigenvalue weighted by atomic mass is 10.2. The van der Waals surface area contributed by atoms with Gasteiger partial charge in [-0.3, -0.25) is 5.10 Å². The summed E-state index contributed by atoms with van der Waals surface area (Å²) in [6.07, 6.45) is 0. The van der Waals surface area contributed by atoms with Crippen LogP contribution in [0.5, 0.6) is 0 Å². The zero-order chi connectivity index (χ0) is 10.7. The van der Waals surface area contributed by atoms with Crippen LogP contribution in [0.15, 0.2) is 29.4 Å². The van der Waals surface area contributed by atoms with Gasteiger partial charge < -0.3 is 5.32 Å². The summed E-state index contributed by atoms with van der Waals surface area (Å²) in [5.41, 5.74) is 2.30. The zero-order valence-corrected chi connectivity index (χ0v) is 9.25. The van der Waals surface area contributed by atoms with Crippen molar-refractivity contribution >= 4 is 18.3 Å². The van der Waals surface area contributed by atoms with Crippen molar-refractivity contribution in [2.75, 3.05) is 5.32 Å². The summed E-state index contributed by atoms with van der Waals surface area (Å²) in [7, 11) is 0. The van der Waals surface area contributed by atoms with Gasteiger partial charge in [0.1, 0.15) is 0 Å². The van der Waals surface area contributed by atoms with Crippen LogP contribution >= 0.6 is 12.6 Å². The second-order valence-corrected chi connectivity index (χ2v) is 3.72. The molecule has 1 aromatic heterocycles. The van der Waals surface area contributed by atoms with Gasteiger partial charge in [-0.15, -0.1) is 12.6 Å². The number of benzene rings is 1. The van der Waals surface area contributed by atoms with Crippen molar-refractivity contribution in [3.63, 3.8) is 0 Å². The molecule has 0 spiro atoms. The molecule has 0 aliphatic rings. The molecular weight excluding hydrogens is 208 g/mol. The molecule has 0 radical (unpaired) electrons. The first-order valence-corrected chi connectivity index (χ1v) is 5.09. The van der Waals surface area contributed by atoms with Gasteiger partial charge in [0, 0.05) is 5.69 Å². The summed E-state index contributed by atoms with van der Waals surface area (Å²) < 4.78 is 0. The Labute approximate surface area is 93.5 Å². The summed E-state index contributed by atoms with van der Waals surface area (Å²) in [6.45, 7) is 2.66. The molecule has 0 aliphatic heterocycles. The molecule has 0 bridgehead atoms. The zero-order valence-electron chi connectivity index (χ0n) is 8.36. The van der Waals surface area contributed by atoms with Crippen LogP contribution in [0.2, 0.25) is 0 Å². The van der Waals surface area contributed by atoms with E-state index < -0.39 is 0 Å². The Morgan fingerprint density at radius 2 is 2.33 bits per heavy atom. The van der Waals surface area contributed by atoms with E-state index in [-0.39, 0.29) is 0 Å². The summed E-state index contributed by atoms with van der Waals surface area (Å²) in [4.78, 5) is 4.08. The number of rotatable bonds is 3. The maximum Gasteiger partial charge on any atom is 0.180 e. The van der Waals surface area contributed by atoms with Gasteiger partial charge in [-0.05, 0) is 24.6 Å². The molecule has 1 aromatic carbocycles. The Hall–Kier alpha value is -1.49.